The molecule has 2 amide bonds. The van der Waals surface area contributed by atoms with Crippen molar-refractivity contribution in [1.29, 1.82) is 0 Å². The molecule has 1 aromatic rings. The number of rotatable bonds is 5. The summed E-state index contributed by atoms with van der Waals surface area (Å²) < 4.78 is 0. The van der Waals surface area contributed by atoms with Crippen LogP contribution in [-0.4, -0.2) is 36.3 Å². The normalized spacial score (nSPS) is 18.6. The average molecular weight is 275 g/mol. The number of nitrogens with two attached hydrogens (primary N) is 1. The molecule has 5 nitrogen and oxygen atoms in total. The maximum absolute atomic E-state index is 12.2. The highest BCUT2D eigenvalue weighted by atomic mass is 16.2. The Bertz CT molecular complexity index is 461. The maximum Gasteiger partial charge on any atom is 0.241 e. The highest BCUT2D eigenvalue weighted by molar-refractivity contribution is 5.81. The van der Waals surface area contributed by atoms with E-state index in [1.165, 1.54) is 0 Å². The number of para-hydroxylation sites is 1. The Morgan fingerprint density at radius 1 is 1.30 bits per heavy atom. The minimum Gasteiger partial charge on any atom is -0.376 e. The number of anilines is 1. The molecule has 2 rings (SSSR count). The number of piperidine rings is 1. The van der Waals surface area contributed by atoms with Crippen molar-refractivity contribution in [1.82, 2.24) is 4.90 Å². The van der Waals surface area contributed by atoms with Gasteiger partial charge in [-0.2, -0.15) is 0 Å². The molecule has 108 valence electrons. The lowest BCUT2D eigenvalue weighted by Gasteiger charge is -2.32. The van der Waals surface area contributed by atoms with Crippen LogP contribution in [0.5, 0.6) is 0 Å². The standard InChI is InChI=1S/C15H21N3O2/c16-14(19)9-12-5-4-8-18(11-12)15(20)10-17-13-6-2-1-3-7-13/h1-3,6-7,12,17H,4-5,8-11H2,(H2,16,19). The SMILES string of the molecule is NC(=O)CC1CCCN(C(=O)CNc2ccccc2)C1. The summed E-state index contributed by atoms with van der Waals surface area (Å²) in [5.41, 5.74) is 6.16. The predicted octanol–water partition coefficient (Wildman–Crippen LogP) is 1.21. The molecule has 1 fully saturated rings. The molecule has 0 saturated carbocycles. The van der Waals surface area contributed by atoms with E-state index in [-0.39, 0.29) is 24.3 Å². The summed E-state index contributed by atoms with van der Waals surface area (Å²) in [6.07, 6.45) is 2.28. The number of hydrogen-bond acceptors (Lipinski definition) is 3. The second-order valence-electron chi connectivity index (χ2n) is 5.24. The summed E-state index contributed by atoms with van der Waals surface area (Å²) in [5, 5.41) is 3.11. The quantitative estimate of drug-likeness (QED) is 0.848. The average Bonchev–Trinajstić information content (AvgIpc) is 2.45. The van der Waals surface area contributed by atoms with E-state index >= 15 is 0 Å². The molecule has 1 aliphatic heterocycles. The van der Waals surface area contributed by atoms with Gasteiger partial charge in [-0.15, -0.1) is 0 Å². The number of primary amides is 1. The molecule has 0 bridgehead atoms. The number of nitrogens with one attached hydrogen (secondary N) is 1. The Balaban J connectivity index is 1.81. The first kappa shape index (κ1) is 14.4. The topological polar surface area (TPSA) is 75.4 Å². The fraction of sp³-hybridized carbons (Fsp3) is 0.467. The molecule has 1 saturated heterocycles. The van der Waals surface area contributed by atoms with Crippen molar-refractivity contribution in [2.75, 3.05) is 25.0 Å². The second kappa shape index (κ2) is 6.93. The van der Waals surface area contributed by atoms with Crippen molar-refractivity contribution < 1.29 is 9.59 Å². The van der Waals surface area contributed by atoms with Gasteiger partial charge in [0.1, 0.15) is 0 Å². The third kappa shape index (κ3) is 4.26. The minimum atomic E-state index is -0.285. The summed E-state index contributed by atoms with van der Waals surface area (Å²) in [4.78, 5) is 24.9. The van der Waals surface area contributed by atoms with Crippen molar-refractivity contribution >= 4 is 17.5 Å². The number of carbonyl (C=O) groups is 2. The first-order valence-corrected chi connectivity index (χ1v) is 7.00. The smallest absolute Gasteiger partial charge is 0.241 e. The van der Waals surface area contributed by atoms with Crippen LogP contribution in [0.1, 0.15) is 19.3 Å². The van der Waals surface area contributed by atoms with Crippen molar-refractivity contribution in [2.45, 2.75) is 19.3 Å². The lowest BCUT2D eigenvalue weighted by Crippen LogP contribution is -2.43. The van der Waals surface area contributed by atoms with Gasteiger partial charge < -0.3 is 16.0 Å². The Hall–Kier alpha value is -2.04. The van der Waals surface area contributed by atoms with Crippen LogP contribution in [-0.2, 0) is 9.59 Å². The van der Waals surface area contributed by atoms with Crippen molar-refractivity contribution in [3.05, 3.63) is 30.3 Å². The van der Waals surface area contributed by atoms with Gasteiger partial charge in [-0.3, -0.25) is 9.59 Å². The Labute approximate surface area is 119 Å². The number of hydrogen-bond donors (Lipinski definition) is 2. The van der Waals surface area contributed by atoms with Crippen LogP contribution in [0.15, 0.2) is 30.3 Å². The van der Waals surface area contributed by atoms with E-state index in [0.29, 0.717) is 13.0 Å². The minimum absolute atomic E-state index is 0.0722. The van der Waals surface area contributed by atoms with Crippen LogP contribution in [0.25, 0.3) is 0 Å². The molecule has 0 radical (unpaired) electrons. The van der Waals surface area contributed by atoms with Crippen LogP contribution >= 0.6 is 0 Å². The van der Waals surface area contributed by atoms with Gasteiger partial charge in [-0.25, -0.2) is 0 Å². The molecule has 5 heteroatoms. The summed E-state index contributed by atoms with van der Waals surface area (Å²) in [6, 6.07) is 9.65. The molecule has 0 aliphatic carbocycles. The van der Waals surface area contributed by atoms with E-state index in [1.54, 1.807) is 0 Å². The van der Waals surface area contributed by atoms with E-state index in [9.17, 15) is 9.59 Å². The molecular weight excluding hydrogens is 254 g/mol. The van der Waals surface area contributed by atoms with E-state index in [0.717, 1.165) is 25.1 Å². The number of amides is 2. The Kier molecular flexibility index (Phi) is 4.98. The van der Waals surface area contributed by atoms with Crippen LogP contribution in [0.2, 0.25) is 0 Å². The van der Waals surface area contributed by atoms with Gasteiger partial charge >= 0.3 is 0 Å². The molecule has 1 aromatic carbocycles. The van der Waals surface area contributed by atoms with Crippen LogP contribution in [0, 0.1) is 5.92 Å². The molecule has 20 heavy (non-hydrogen) atoms. The molecule has 1 heterocycles. The van der Waals surface area contributed by atoms with E-state index in [1.807, 2.05) is 35.2 Å². The fourth-order valence-corrected chi connectivity index (χ4v) is 2.59. The summed E-state index contributed by atoms with van der Waals surface area (Å²) in [7, 11) is 0. The Morgan fingerprint density at radius 3 is 2.75 bits per heavy atom. The first-order valence-electron chi connectivity index (χ1n) is 7.00. The number of nitrogens with zero attached hydrogens (tertiary/aromatic N) is 1. The van der Waals surface area contributed by atoms with Crippen molar-refractivity contribution in [3.8, 4) is 0 Å². The zero-order valence-electron chi connectivity index (χ0n) is 11.5. The monoisotopic (exact) mass is 275 g/mol. The number of benzene rings is 1. The van der Waals surface area contributed by atoms with Crippen LogP contribution in [0.3, 0.4) is 0 Å². The molecule has 3 N–H and O–H groups in total. The highest BCUT2D eigenvalue weighted by Gasteiger charge is 2.24. The summed E-state index contributed by atoms with van der Waals surface area (Å²) >= 11 is 0. The number of carbonyl (C=O) groups excluding carboxylic acids is 2. The van der Waals surface area contributed by atoms with Crippen LogP contribution < -0.4 is 11.1 Å². The van der Waals surface area contributed by atoms with Crippen LogP contribution in [0.4, 0.5) is 5.69 Å². The van der Waals surface area contributed by atoms with Gasteiger partial charge in [0.2, 0.25) is 11.8 Å². The van der Waals surface area contributed by atoms with Gasteiger partial charge in [0.05, 0.1) is 6.54 Å². The largest absolute Gasteiger partial charge is 0.376 e. The third-order valence-corrected chi connectivity index (χ3v) is 3.58. The maximum atomic E-state index is 12.2. The Morgan fingerprint density at radius 2 is 2.05 bits per heavy atom. The summed E-state index contributed by atoms with van der Waals surface area (Å²) in [6.45, 7) is 1.69. The summed E-state index contributed by atoms with van der Waals surface area (Å²) in [5.74, 6) is -0.00309. The predicted molar refractivity (Wildman–Crippen MR) is 78.0 cm³/mol. The van der Waals surface area contributed by atoms with Gasteiger partial charge in [0, 0.05) is 25.2 Å². The molecular formula is C15H21N3O2. The zero-order valence-corrected chi connectivity index (χ0v) is 11.5. The van der Waals surface area contributed by atoms with E-state index < -0.39 is 0 Å². The third-order valence-electron chi connectivity index (χ3n) is 3.58. The molecule has 1 unspecified atom stereocenters. The van der Waals surface area contributed by atoms with Gasteiger partial charge in [-0.1, -0.05) is 18.2 Å². The highest BCUT2D eigenvalue weighted by Crippen LogP contribution is 2.19. The lowest BCUT2D eigenvalue weighted by molar-refractivity contribution is -0.132. The lowest BCUT2D eigenvalue weighted by atomic mass is 9.94. The van der Waals surface area contributed by atoms with E-state index in [2.05, 4.69) is 5.32 Å². The molecule has 1 aliphatic rings. The van der Waals surface area contributed by atoms with Crippen molar-refractivity contribution in [2.24, 2.45) is 11.7 Å². The van der Waals surface area contributed by atoms with Gasteiger partial charge in [0.15, 0.2) is 0 Å². The van der Waals surface area contributed by atoms with E-state index in [4.69, 9.17) is 5.73 Å². The van der Waals surface area contributed by atoms with Gasteiger partial charge in [-0.05, 0) is 30.9 Å². The van der Waals surface area contributed by atoms with Crippen molar-refractivity contribution in [3.63, 3.8) is 0 Å². The second-order valence-corrected chi connectivity index (χ2v) is 5.24. The first-order chi connectivity index (χ1) is 9.65. The molecule has 0 aromatic heterocycles. The van der Waals surface area contributed by atoms with Gasteiger partial charge in [0.25, 0.3) is 0 Å². The molecule has 1 atom stereocenters. The fourth-order valence-electron chi connectivity index (χ4n) is 2.59. The molecule has 0 spiro atoms. The zero-order chi connectivity index (χ0) is 14.4. The number of likely N-dealkylation sites (tertiary alicyclic amines) is 1.